The monoisotopic (exact) mass is 239 g/mol. The van der Waals surface area contributed by atoms with Gasteiger partial charge in [0.25, 0.3) is 0 Å². The first kappa shape index (κ1) is 12.4. The van der Waals surface area contributed by atoms with Crippen LogP contribution in [0.25, 0.3) is 16.8 Å². The molecule has 0 atom stereocenters. The van der Waals surface area contributed by atoms with Crippen molar-refractivity contribution in [2.45, 2.75) is 6.92 Å². The molecule has 0 amide bonds. The van der Waals surface area contributed by atoms with E-state index in [1.54, 1.807) is 7.11 Å². The highest BCUT2D eigenvalue weighted by atomic mass is 16.6. The minimum absolute atomic E-state index is 0.758. The first-order chi connectivity index (χ1) is 8.72. The van der Waals surface area contributed by atoms with E-state index in [4.69, 9.17) is 4.84 Å². The van der Waals surface area contributed by atoms with Crippen molar-refractivity contribution < 1.29 is 4.84 Å². The van der Waals surface area contributed by atoms with Gasteiger partial charge >= 0.3 is 0 Å². The van der Waals surface area contributed by atoms with Crippen LogP contribution in [0.3, 0.4) is 0 Å². The molecule has 0 bridgehead atoms. The predicted molar refractivity (Wildman–Crippen MR) is 75.8 cm³/mol. The quantitative estimate of drug-likeness (QED) is 0.820. The van der Waals surface area contributed by atoms with E-state index in [2.05, 4.69) is 55.4 Å². The zero-order valence-corrected chi connectivity index (χ0v) is 10.7. The van der Waals surface area contributed by atoms with Crippen LogP contribution in [0.5, 0.6) is 0 Å². The van der Waals surface area contributed by atoms with Crippen LogP contribution in [-0.4, -0.2) is 7.11 Å². The predicted octanol–water partition coefficient (Wildman–Crippen LogP) is 3.78. The van der Waals surface area contributed by atoms with E-state index in [9.17, 15) is 0 Å². The van der Waals surface area contributed by atoms with E-state index in [-0.39, 0.29) is 0 Å². The van der Waals surface area contributed by atoms with Crippen LogP contribution in [0.4, 0.5) is 0 Å². The number of nitrogens with one attached hydrogen (secondary N) is 1. The van der Waals surface area contributed by atoms with Crippen LogP contribution in [0, 0.1) is 6.92 Å². The van der Waals surface area contributed by atoms with Gasteiger partial charge < -0.3 is 0 Å². The van der Waals surface area contributed by atoms with Crippen molar-refractivity contribution in [3.8, 4) is 11.1 Å². The molecule has 2 aromatic rings. The molecular formula is C16H17NO. The van der Waals surface area contributed by atoms with E-state index < -0.39 is 0 Å². The second-order valence-corrected chi connectivity index (χ2v) is 4.18. The van der Waals surface area contributed by atoms with Crippen LogP contribution in [0.1, 0.15) is 11.1 Å². The van der Waals surface area contributed by atoms with Crippen molar-refractivity contribution in [2.75, 3.05) is 7.11 Å². The fraction of sp³-hybridized carbons (Fsp3) is 0.125. The summed E-state index contributed by atoms with van der Waals surface area (Å²) in [6, 6.07) is 16.6. The van der Waals surface area contributed by atoms with E-state index in [0.717, 1.165) is 11.3 Å². The van der Waals surface area contributed by atoms with E-state index in [1.165, 1.54) is 16.7 Å². The minimum atomic E-state index is 0.758. The summed E-state index contributed by atoms with van der Waals surface area (Å²) in [5, 5.41) is 0. The molecule has 0 aliphatic heterocycles. The average molecular weight is 239 g/mol. The summed E-state index contributed by atoms with van der Waals surface area (Å²) in [6.07, 6.45) is 0. The van der Waals surface area contributed by atoms with Crippen molar-refractivity contribution in [1.29, 1.82) is 0 Å². The second kappa shape index (κ2) is 5.52. The lowest BCUT2D eigenvalue weighted by Crippen LogP contribution is -2.08. The van der Waals surface area contributed by atoms with Gasteiger partial charge in [-0.25, -0.2) is 0 Å². The molecule has 2 heteroatoms. The Morgan fingerprint density at radius 3 is 2.33 bits per heavy atom. The number of rotatable bonds is 4. The van der Waals surface area contributed by atoms with Crippen molar-refractivity contribution >= 4 is 5.70 Å². The molecule has 0 fully saturated rings. The molecule has 2 nitrogen and oxygen atoms in total. The molecule has 1 N–H and O–H groups in total. The van der Waals surface area contributed by atoms with E-state index in [0.29, 0.717) is 0 Å². The Labute approximate surface area is 108 Å². The average Bonchev–Trinajstić information content (AvgIpc) is 2.40. The largest absolute Gasteiger partial charge is 0.279 e. The zero-order valence-electron chi connectivity index (χ0n) is 10.7. The lowest BCUT2D eigenvalue weighted by Gasteiger charge is -2.09. The molecule has 0 aliphatic rings. The summed E-state index contributed by atoms with van der Waals surface area (Å²) in [7, 11) is 1.58. The Kier molecular flexibility index (Phi) is 3.80. The molecular weight excluding hydrogens is 222 g/mol. The number of hydrogen-bond donors (Lipinski definition) is 1. The van der Waals surface area contributed by atoms with Gasteiger partial charge in [0.05, 0.1) is 12.8 Å². The van der Waals surface area contributed by atoms with E-state index in [1.807, 2.05) is 12.1 Å². The first-order valence-electron chi connectivity index (χ1n) is 5.86. The number of benzene rings is 2. The molecule has 0 spiro atoms. The summed E-state index contributed by atoms with van der Waals surface area (Å²) in [5.41, 5.74) is 8.26. The Morgan fingerprint density at radius 2 is 1.72 bits per heavy atom. The Morgan fingerprint density at radius 1 is 1.06 bits per heavy atom. The summed E-state index contributed by atoms with van der Waals surface area (Å²) in [6.45, 7) is 6.02. The third-order valence-electron chi connectivity index (χ3n) is 2.91. The van der Waals surface area contributed by atoms with Crippen molar-refractivity contribution in [3.05, 3.63) is 66.2 Å². The number of aryl methyl sites for hydroxylation is 1. The lowest BCUT2D eigenvalue weighted by atomic mass is 9.99. The molecule has 0 radical (unpaired) electrons. The maximum atomic E-state index is 4.84. The molecule has 0 saturated carbocycles. The minimum Gasteiger partial charge on any atom is -0.279 e. The number of hydroxylamine groups is 1. The normalized spacial score (nSPS) is 10.1. The second-order valence-electron chi connectivity index (χ2n) is 4.18. The summed E-state index contributed by atoms with van der Waals surface area (Å²) >= 11 is 0. The van der Waals surface area contributed by atoms with Gasteiger partial charge in [0.15, 0.2) is 0 Å². The molecule has 2 rings (SSSR count). The van der Waals surface area contributed by atoms with Crippen molar-refractivity contribution in [1.82, 2.24) is 5.48 Å². The maximum absolute atomic E-state index is 4.84. The van der Waals surface area contributed by atoms with Gasteiger partial charge in [-0.3, -0.25) is 10.3 Å². The Balaban J connectivity index is 2.28. The van der Waals surface area contributed by atoms with Gasteiger partial charge in [0, 0.05) is 0 Å². The Bertz CT molecular complexity index is 543. The molecule has 2 aromatic carbocycles. The van der Waals surface area contributed by atoms with Gasteiger partial charge in [-0.05, 0) is 29.2 Å². The highest BCUT2D eigenvalue weighted by Gasteiger charge is 2.02. The smallest absolute Gasteiger partial charge is 0.0636 e. The van der Waals surface area contributed by atoms with Gasteiger partial charge in [-0.2, -0.15) is 0 Å². The highest BCUT2D eigenvalue weighted by Crippen LogP contribution is 2.24. The highest BCUT2D eigenvalue weighted by molar-refractivity contribution is 5.70. The third kappa shape index (κ3) is 2.60. The van der Waals surface area contributed by atoms with Crippen LogP contribution in [-0.2, 0) is 4.84 Å². The topological polar surface area (TPSA) is 21.3 Å². The molecule has 0 aliphatic carbocycles. The lowest BCUT2D eigenvalue weighted by molar-refractivity contribution is 0.137. The van der Waals surface area contributed by atoms with Gasteiger partial charge in [-0.1, -0.05) is 55.1 Å². The van der Waals surface area contributed by atoms with Crippen LogP contribution < -0.4 is 5.48 Å². The molecule has 0 unspecified atom stereocenters. The van der Waals surface area contributed by atoms with Crippen molar-refractivity contribution in [3.63, 3.8) is 0 Å². The van der Waals surface area contributed by atoms with Crippen LogP contribution in [0.15, 0.2) is 55.1 Å². The summed E-state index contributed by atoms with van der Waals surface area (Å²) in [5.74, 6) is 0. The fourth-order valence-electron chi connectivity index (χ4n) is 1.93. The summed E-state index contributed by atoms with van der Waals surface area (Å²) in [4.78, 5) is 4.84. The molecule has 0 aromatic heterocycles. The zero-order chi connectivity index (χ0) is 13.0. The Hall–Kier alpha value is -2.06. The van der Waals surface area contributed by atoms with Crippen LogP contribution >= 0.6 is 0 Å². The van der Waals surface area contributed by atoms with Crippen molar-refractivity contribution in [2.24, 2.45) is 0 Å². The molecule has 92 valence electrons. The van der Waals surface area contributed by atoms with Gasteiger partial charge in [0.1, 0.15) is 0 Å². The summed E-state index contributed by atoms with van der Waals surface area (Å²) < 4.78 is 0. The maximum Gasteiger partial charge on any atom is 0.0636 e. The number of hydrogen-bond acceptors (Lipinski definition) is 2. The fourth-order valence-corrected chi connectivity index (χ4v) is 1.93. The van der Waals surface area contributed by atoms with Gasteiger partial charge in [0.2, 0.25) is 0 Å². The molecule has 0 saturated heterocycles. The van der Waals surface area contributed by atoms with Gasteiger partial charge in [-0.15, -0.1) is 0 Å². The van der Waals surface area contributed by atoms with E-state index >= 15 is 0 Å². The third-order valence-corrected chi connectivity index (χ3v) is 2.91. The van der Waals surface area contributed by atoms with Crippen LogP contribution in [0.2, 0.25) is 0 Å². The first-order valence-corrected chi connectivity index (χ1v) is 5.86. The molecule has 18 heavy (non-hydrogen) atoms. The standard InChI is InChI=1S/C16H17NO/c1-12-6-4-5-7-16(12)15-10-8-14(9-11-15)13(2)17-18-3/h4-11,17H,2H2,1,3H3. The molecule has 0 heterocycles. The SMILES string of the molecule is C=C(NOC)c1ccc(-c2ccccc2C)cc1.